The predicted octanol–water partition coefficient (Wildman–Crippen LogP) is 6.89. The Morgan fingerprint density at radius 3 is 2.00 bits per heavy atom. The molecule has 0 aromatic heterocycles. The van der Waals surface area contributed by atoms with Crippen LogP contribution in [0.5, 0.6) is 0 Å². The van der Waals surface area contributed by atoms with Crippen LogP contribution in [0.15, 0.2) is 29.5 Å². The molecule has 5 heteroatoms. The van der Waals surface area contributed by atoms with Crippen LogP contribution in [-0.4, -0.2) is 34.1 Å². The number of allylic oxidation sites excluding steroid dienone is 2. The molecule has 178 valence electrons. The molecule has 0 saturated heterocycles. The fourth-order valence-electron chi connectivity index (χ4n) is 4.29. The van der Waals surface area contributed by atoms with Gasteiger partial charge in [0.05, 0.1) is 6.20 Å². The van der Waals surface area contributed by atoms with Crippen LogP contribution in [0.2, 0.25) is 0 Å². The quantitative estimate of drug-likeness (QED) is 0.124. The van der Waals surface area contributed by atoms with Crippen molar-refractivity contribution in [2.45, 2.75) is 123 Å². The van der Waals surface area contributed by atoms with Crippen molar-refractivity contribution in [2.75, 3.05) is 6.54 Å². The van der Waals surface area contributed by atoms with Crippen LogP contribution in [0.3, 0.4) is 0 Å². The first-order chi connectivity index (χ1) is 15.0. The summed E-state index contributed by atoms with van der Waals surface area (Å²) in [6.07, 6.45) is 28.3. The Kier molecular flexibility index (Phi) is 15.2. The second-order valence-corrected chi connectivity index (χ2v) is 9.11. The monoisotopic (exact) mass is 434 g/mol. The van der Waals surface area contributed by atoms with Gasteiger partial charge in [-0.15, -0.1) is 0 Å². The van der Waals surface area contributed by atoms with Crippen molar-refractivity contribution < 1.29 is 14.4 Å². The van der Waals surface area contributed by atoms with E-state index in [1.54, 1.807) is 6.20 Å². The number of nitrogens with zero attached hydrogens (tertiary/aromatic N) is 2. The SMILES string of the molecule is CCCCC/C=C/CCCCCCCCCCCCC1=NC=C[N+]1(CC(=O)O)C(C)N. The smallest absolute Gasteiger partial charge is 0.360 e. The van der Waals surface area contributed by atoms with Crippen molar-refractivity contribution in [3.05, 3.63) is 24.6 Å². The molecule has 0 fully saturated rings. The van der Waals surface area contributed by atoms with Gasteiger partial charge in [-0.1, -0.05) is 83.3 Å². The average molecular weight is 435 g/mol. The summed E-state index contributed by atoms with van der Waals surface area (Å²) in [7, 11) is 0. The Morgan fingerprint density at radius 2 is 1.48 bits per heavy atom. The molecule has 0 spiro atoms. The van der Waals surface area contributed by atoms with Gasteiger partial charge < -0.3 is 5.11 Å². The molecule has 5 nitrogen and oxygen atoms in total. The highest BCUT2D eigenvalue weighted by Crippen LogP contribution is 2.23. The molecule has 0 amide bonds. The molecule has 0 aromatic rings. The minimum Gasteiger partial charge on any atom is -0.477 e. The van der Waals surface area contributed by atoms with Gasteiger partial charge in [0.15, 0.2) is 6.54 Å². The van der Waals surface area contributed by atoms with Crippen molar-refractivity contribution >= 4 is 11.8 Å². The van der Waals surface area contributed by atoms with Gasteiger partial charge in [-0.3, -0.25) is 5.73 Å². The second-order valence-electron chi connectivity index (χ2n) is 9.11. The zero-order valence-electron chi connectivity index (χ0n) is 20.2. The highest BCUT2D eigenvalue weighted by atomic mass is 16.4. The average Bonchev–Trinajstić information content (AvgIpc) is 3.13. The number of hydrogen-bond donors (Lipinski definition) is 2. The summed E-state index contributed by atoms with van der Waals surface area (Å²) in [5.41, 5.74) is 6.11. The van der Waals surface area contributed by atoms with Crippen LogP contribution in [0.25, 0.3) is 0 Å². The lowest BCUT2D eigenvalue weighted by molar-refractivity contribution is -0.805. The Morgan fingerprint density at radius 1 is 0.968 bits per heavy atom. The van der Waals surface area contributed by atoms with Gasteiger partial charge >= 0.3 is 5.97 Å². The molecule has 1 heterocycles. The molecule has 2 unspecified atom stereocenters. The van der Waals surface area contributed by atoms with Gasteiger partial charge in [0.2, 0.25) is 5.84 Å². The number of hydrogen-bond acceptors (Lipinski definition) is 3. The summed E-state index contributed by atoms with van der Waals surface area (Å²) < 4.78 is 0.171. The third kappa shape index (κ3) is 11.6. The molecule has 1 aliphatic heterocycles. The van der Waals surface area contributed by atoms with Gasteiger partial charge in [-0.05, 0) is 32.1 Å². The normalized spacial score (nSPS) is 19.3. The minimum absolute atomic E-state index is 0.0255. The zero-order valence-corrected chi connectivity index (χ0v) is 20.2. The predicted molar refractivity (Wildman–Crippen MR) is 132 cm³/mol. The number of unbranched alkanes of at least 4 members (excludes halogenated alkanes) is 13. The molecular weight excluding hydrogens is 386 g/mol. The summed E-state index contributed by atoms with van der Waals surface area (Å²) in [4.78, 5) is 15.7. The summed E-state index contributed by atoms with van der Waals surface area (Å²) in [5.74, 6) is 0.0589. The maximum Gasteiger partial charge on any atom is 0.360 e. The lowest BCUT2D eigenvalue weighted by Crippen LogP contribution is -2.59. The first kappa shape index (κ1) is 27.6. The van der Waals surface area contributed by atoms with Crippen LogP contribution in [0.4, 0.5) is 0 Å². The fraction of sp³-hybridized carbons (Fsp3) is 0.769. The van der Waals surface area contributed by atoms with Crippen molar-refractivity contribution in [2.24, 2.45) is 10.7 Å². The lowest BCUT2D eigenvalue weighted by Gasteiger charge is -2.34. The van der Waals surface area contributed by atoms with Gasteiger partial charge in [0, 0.05) is 13.3 Å². The van der Waals surface area contributed by atoms with Gasteiger partial charge in [-0.25, -0.2) is 14.3 Å². The highest BCUT2D eigenvalue weighted by molar-refractivity contribution is 5.81. The molecule has 0 aliphatic carbocycles. The van der Waals surface area contributed by atoms with E-state index in [-0.39, 0.29) is 17.2 Å². The number of aliphatic carboxylic acids is 1. The van der Waals surface area contributed by atoms with E-state index in [2.05, 4.69) is 24.1 Å². The van der Waals surface area contributed by atoms with E-state index in [1.807, 2.05) is 13.1 Å². The molecule has 0 saturated carbocycles. The highest BCUT2D eigenvalue weighted by Gasteiger charge is 2.40. The number of amidine groups is 1. The molecule has 0 bridgehead atoms. The summed E-state index contributed by atoms with van der Waals surface area (Å²) in [6, 6.07) is 0. The Bertz CT molecular complexity index is 569. The van der Waals surface area contributed by atoms with E-state index in [4.69, 9.17) is 5.73 Å². The number of carbonyl (C=O) groups is 1. The second kappa shape index (κ2) is 17.1. The van der Waals surface area contributed by atoms with Crippen molar-refractivity contribution in [3.63, 3.8) is 0 Å². The molecule has 2 atom stereocenters. The fourth-order valence-corrected chi connectivity index (χ4v) is 4.29. The van der Waals surface area contributed by atoms with Crippen molar-refractivity contribution in [3.8, 4) is 0 Å². The van der Waals surface area contributed by atoms with Gasteiger partial charge in [0.1, 0.15) is 12.4 Å². The number of carboxylic acids is 1. The first-order valence-electron chi connectivity index (χ1n) is 12.8. The number of nitrogens with two attached hydrogens (primary N) is 1. The number of aliphatic imine (C=N–C) groups is 1. The summed E-state index contributed by atoms with van der Waals surface area (Å²) in [6.45, 7) is 4.09. The molecule has 0 radical (unpaired) electrons. The van der Waals surface area contributed by atoms with Crippen LogP contribution in [-0.2, 0) is 4.79 Å². The molecule has 0 aromatic carbocycles. The Hall–Kier alpha value is -1.46. The molecular formula is C26H48N3O2+. The van der Waals surface area contributed by atoms with Crippen LogP contribution in [0.1, 0.15) is 117 Å². The van der Waals surface area contributed by atoms with Gasteiger partial charge in [-0.2, -0.15) is 0 Å². The van der Waals surface area contributed by atoms with E-state index < -0.39 is 5.97 Å². The maximum atomic E-state index is 11.3. The maximum absolute atomic E-state index is 11.3. The molecule has 31 heavy (non-hydrogen) atoms. The van der Waals surface area contributed by atoms with Crippen molar-refractivity contribution in [1.29, 1.82) is 0 Å². The van der Waals surface area contributed by atoms with E-state index >= 15 is 0 Å². The summed E-state index contributed by atoms with van der Waals surface area (Å²) in [5, 5.41) is 9.26. The van der Waals surface area contributed by atoms with E-state index in [9.17, 15) is 9.90 Å². The number of carboxylic acid groups (broad SMARTS) is 1. The summed E-state index contributed by atoms with van der Waals surface area (Å²) >= 11 is 0. The van der Waals surface area contributed by atoms with E-state index in [0.717, 1.165) is 18.7 Å². The van der Waals surface area contributed by atoms with Crippen molar-refractivity contribution in [1.82, 2.24) is 0 Å². The third-order valence-electron chi connectivity index (χ3n) is 6.32. The molecule has 1 rings (SSSR count). The Labute approximate surface area is 191 Å². The molecule has 3 N–H and O–H groups in total. The van der Waals surface area contributed by atoms with E-state index in [1.165, 1.54) is 89.9 Å². The topological polar surface area (TPSA) is 75.7 Å². The van der Waals surface area contributed by atoms with Crippen LogP contribution >= 0.6 is 0 Å². The van der Waals surface area contributed by atoms with Crippen LogP contribution < -0.4 is 5.73 Å². The molecule has 1 aliphatic rings. The standard InChI is InChI=1S/C26H47N3O2/c1-3-4-5-6-7-8-9-10-11-12-13-14-15-16-17-18-19-20-25-28-21-22-29(25,24(2)27)23-26(30)31/h7-8,21-22,24H,3-6,9-20,23,27H2,1-2H3/p+1/b8-7+. The van der Waals surface area contributed by atoms with Gasteiger partial charge in [0.25, 0.3) is 0 Å². The van der Waals surface area contributed by atoms with Crippen LogP contribution in [0, 0.1) is 0 Å². The minimum atomic E-state index is -0.838. The third-order valence-corrected chi connectivity index (χ3v) is 6.32. The number of quaternary nitrogens is 1. The Balaban J connectivity index is 1.97. The zero-order chi connectivity index (χ0) is 22.8. The first-order valence-corrected chi connectivity index (χ1v) is 12.8. The van der Waals surface area contributed by atoms with E-state index in [0.29, 0.717) is 0 Å². The lowest BCUT2D eigenvalue weighted by atomic mass is 10.0. The largest absolute Gasteiger partial charge is 0.477 e. The number of rotatable bonds is 20.